The van der Waals surface area contributed by atoms with E-state index in [4.69, 9.17) is 4.42 Å². The number of para-hydroxylation sites is 2. The summed E-state index contributed by atoms with van der Waals surface area (Å²) in [6.07, 6.45) is 0. The molecule has 0 atom stereocenters. The van der Waals surface area contributed by atoms with Crippen molar-refractivity contribution < 1.29 is 4.42 Å². The molecule has 2 nitrogen and oxygen atoms in total. The molecule has 2 heteroatoms. The summed E-state index contributed by atoms with van der Waals surface area (Å²) in [5, 5.41) is 4.52. The Morgan fingerprint density at radius 2 is 0.972 bits per heavy atom. The van der Waals surface area contributed by atoms with Crippen molar-refractivity contribution in [3.63, 3.8) is 0 Å². The molecule has 0 bridgehead atoms. The molecule has 0 saturated carbocycles. The molecule has 12 aromatic rings. The molecule has 0 unspecified atom stereocenters. The maximum atomic E-state index is 6.91. The minimum atomic E-state index is -0.526. The van der Waals surface area contributed by atoms with Crippen LogP contribution >= 0.6 is 0 Å². The zero-order chi connectivity index (χ0) is 47.7. The molecule has 0 N–H and O–H groups in total. The molecule has 0 amide bonds. The largest absolute Gasteiger partial charge is 0.455 e. The summed E-state index contributed by atoms with van der Waals surface area (Å²) in [5.74, 6) is 0. The first-order chi connectivity index (χ1) is 34.9. The Balaban J connectivity index is 1.12. The van der Waals surface area contributed by atoms with E-state index in [9.17, 15) is 0 Å². The summed E-state index contributed by atoms with van der Waals surface area (Å²) >= 11 is 0. The van der Waals surface area contributed by atoms with Gasteiger partial charge in [-0.05, 0) is 108 Å². The van der Waals surface area contributed by atoms with Gasteiger partial charge in [0.1, 0.15) is 11.2 Å². The van der Waals surface area contributed by atoms with E-state index < -0.39 is 5.41 Å². The summed E-state index contributed by atoms with van der Waals surface area (Å²) in [4.78, 5) is 2.52. The fourth-order valence-corrected chi connectivity index (χ4v) is 11.6. The standard InChI is InChI=1S/C69H51NO/c1-68(2,3)50-38-34-46(35-39-50)49-37-42-63(59(44-49)47-20-7-4-8-21-47)70(64-43-36-48-22-13-14-27-54(48)66(64)58-31-19-30-57-56-29-16-18-33-65(56)71-67(57)58)53-40-41-62-60(45-53)55-28-15-17-32-61(55)69(62,51-23-9-5-10-24-51)52-25-11-6-12-26-52/h4-45H,1-3H3. The van der Waals surface area contributed by atoms with Gasteiger partial charge in [-0.1, -0.05) is 239 Å². The molecule has 0 fully saturated rings. The molecular weight excluding hydrogens is 859 g/mol. The van der Waals surface area contributed by atoms with Crippen LogP contribution in [0.2, 0.25) is 0 Å². The molecule has 0 radical (unpaired) electrons. The summed E-state index contributed by atoms with van der Waals surface area (Å²) in [6, 6.07) is 93.8. The average Bonchev–Trinajstić information content (AvgIpc) is 3.96. The third-order valence-corrected chi connectivity index (χ3v) is 14.9. The van der Waals surface area contributed by atoms with Crippen LogP contribution in [0.3, 0.4) is 0 Å². The van der Waals surface area contributed by atoms with E-state index in [1.807, 2.05) is 0 Å². The van der Waals surface area contributed by atoms with Crippen LogP contribution in [-0.2, 0) is 10.8 Å². The maximum absolute atomic E-state index is 6.91. The predicted octanol–water partition coefficient (Wildman–Crippen LogP) is 18.9. The first-order valence-electron chi connectivity index (χ1n) is 24.7. The van der Waals surface area contributed by atoms with Crippen LogP contribution in [0.4, 0.5) is 17.1 Å². The van der Waals surface area contributed by atoms with Crippen LogP contribution in [0.5, 0.6) is 0 Å². The van der Waals surface area contributed by atoms with Gasteiger partial charge in [-0.15, -0.1) is 0 Å². The quantitative estimate of drug-likeness (QED) is 0.151. The second-order valence-corrected chi connectivity index (χ2v) is 20.0. The van der Waals surface area contributed by atoms with Crippen LogP contribution < -0.4 is 4.90 Å². The molecule has 71 heavy (non-hydrogen) atoms. The smallest absolute Gasteiger partial charge is 0.143 e. The highest BCUT2D eigenvalue weighted by atomic mass is 16.3. The van der Waals surface area contributed by atoms with E-state index in [1.54, 1.807) is 0 Å². The van der Waals surface area contributed by atoms with Crippen LogP contribution in [0.15, 0.2) is 259 Å². The molecule has 13 rings (SSSR count). The second kappa shape index (κ2) is 16.8. The van der Waals surface area contributed by atoms with Crippen molar-refractivity contribution >= 4 is 49.8 Å². The van der Waals surface area contributed by atoms with Gasteiger partial charge in [-0.25, -0.2) is 0 Å². The van der Waals surface area contributed by atoms with E-state index in [2.05, 4.69) is 280 Å². The lowest BCUT2D eigenvalue weighted by Crippen LogP contribution is -2.28. The van der Waals surface area contributed by atoms with Gasteiger partial charge in [0.05, 0.1) is 16.8 Å². The first kappa shape index (κ1) is 42.4. The SMILES string of the molecule is CC(C)(C)c1ccc(-c2ccc(N(c3ccc4c(c3)-c3ccccc3C4(c3ccccc3)c3ccccc3)c3ccc4ccccc4c3-c3cccc4c3oc3ccccc34)c(-c3ccccc3)c2)cc1. The summed E-state index contributed by atoms with van der Waals surface area (Å²) in [6.45, 7) is 6.82. The number of hydrogen-bond donors (Lipinski definition) is 0. The highest BCUT2D eigenvalue weighted by Gasteiger charge is 2.46. The molecule has 0 saturated heterocycles. The van der Waals surface area contributed by atoms with Gasteiger partial charge in [0.25, 0.3) is 0 Å². The lowest BCUT2D eigenvalue weighted by molar-refractivity contribution is 0.590. The fraction of sp³-hybridized carbons (Fsp3) is 0.0725. The van der Waals surface area contributed by atoms with Crippen LogP contribution in [-0.4, -0.2) is 0 Å². The third-order valence-electron chi connectivity index (χ3n) is 14.9. The average molecular weight is 910 g/mol. The van der Waals surface area contributed by atoms with Gasteiger partial charge < -0.3 is 9.32 Å². The van der Waals surface area contributed by atoms with E-state index in [-0.39, 0.29) is 5.41 Å². The Morgan fingerprint density at radius 1 is 0.380 bits per heavy atom. The van der Waals surface area contributed by atoms with E-state index >= 15 is 0 Å². The number of fused-ring (bicyclic) bond motifs is 7. The molecule has 0 aliphatic heterocycles. The summed E-state index contributed by atoms with van der Waals surface area (Å²) in [7, 11) is 0. The Bertz CT molecular complexity index is 3910. The number of nitrogens with zero attached hydrogens (tertiary/aromatic N) is 1. The van der Waals surface area contributed by atoms with Crippen molar-refractivity contribution in [3.05, 3.63) is 283 Å². The molecule has 1 aromatic heterocycles. The normalized spacial score (nSPS) is 12.8. The van der Waals surface area contributed by atoms with Gasteiger partial charge in [0, 0.05) is 33.2 Å². The van der Waals surface area contributed by atoms with Gasteiger partial charge in [-0.2, -0.15) is 0 Å². The summed E-state index contributed by atoms with van der Waals surface area (Å²) in [5.41, 5.74) is 20.1. The first-order valence-corrected chi connectivity index (χ1v) is 24.7. The summed E-state index contributed by atoms with van der Waals surface area (Å²) < 4.78 is 6.91. The van der Waals surface area contributed by atoms with Gasteiger partial charge >= 0.3 is 0 Å². The number of benzene rings is 11. The monoisotopic (exact) mass is 909 g/mol. The zero-order valence-electron chi connectivity index (χ0n) is 40.1. The van der Waals surface area contributed by atoms with E-state index in [0.29, 0.717) is 0 Å². The molecule has 1 aliphatic carbocycles. The topological polar surface area (TPSA) is 16.4 Å². The minimum Gasteiger partial charge on any atom is -0.455 e. The number of rotatable bonds is 8. The fourth-order valence-electron chi connectivity index (χ4n) is 11.6. The Morgan fingerprint density at radius 3 is 1.72 bits per heavy atom. The molecular formula is C69H51NO. The van der Waals surface area contributed by atoms with Crippen molar-refractivity contribution in [3.8, 4) is 44.5 Å². The number of anilines is 3. The third kappa shape index (κ3) is 6.85. The lowest BCUT2D eigenvalue weighted by atomic mass is 9.68. The highest BCUT2D eigenvalue weighted by molar-refractivity contribution is 6.15. The van der Waals surface area contributed by atoms with E-state index in [0.717, 1.165) is 77.6 Å². The van der Waals surface area contributed by atoms with Gasteiger partial charge in [-0.3, -0.25) is 0 Å². The zero-order valence-corrected chi connectivity index (χ0v) is 40.1. The molecule has 1 heterocycles. The Kier molecular flexibility index (Phi) is 10.0. The van der Waals surface area contributed by atoms with E-state index in [1.165, 1.54) is 44.5 Å². The maximum Gasteiger partial charge on any atom is 0.143 e. The molecule has 1 aliphatic rings. The molecule has 338 valence electrons. The van der Waals surface area contributed by atoms with Gasteiger partial charge in [0.15, 0.2) is 0 Å². The second-order valence-electron chi connectivity index (χ2n) is 20.0. The molecule has 11 aromatic carbocycles. The molecule has 0 spiro atoms. The van der Waals surface area contributed by atoms with Gasteiger partial charge in [0.2, 0.25) is 0 Å². The van der Waals surface area contributed by atoms with Crippen molar-refractivity contribution in [1.29, 1.82) is 0 Å². The van der Waals surface area contributed by atoms with Crippen molar-refractivity contribution in [2.75, 3.05) is 4.90 Å². The van der Waals surface area contributed by atoms with Crippen molar-refractivity contribution in [1.82, 2.24) is 0 Å². The van der Waals surface area contributed by atoms with Crippen molar-refractivity contribution in [2.24, 2.45) is 0 Å². The number of hydrogen-bond acceptors (Lipinski definition) is 2. The lowest BCUT2D eigenvalue weighted by Gasteiger charge is -2.34. The van der Waals surface area contributed by atoms with Crippen molar-refractivity contribution in [2.45, 2.75) is 31.6 Å². The predicted molar refractivity (Wildman–Crippen MR) is 298 cm³/mol. The Labute approximate surface area is 415 Å². The van der Waals surface area contributed by atoms with Crippen LogP contribution in [0.25, 0.3) is 77.2 Å². The van der Waals surface area contributed by atoms with Crippen LogP contribution in [0.1, 0.15) is 48.6 Å². The number of furan rings is 1. The van der Waals surface area contributed by atoms with Crippen LogP contribution in [0, 0.1) is 0 Å². The minimum absolute atomic E-state index is 0.0561. The Hall–Kier alpha value is -8.72. The highest BCUT2D eigenvalue weighted by Crippen LogP contribution is 2.58.